The highest BCUT2D eigenvalue weighted by Crippen LogP contribution is 2.38. The van der Waals surface area contributed by atoms with Crippen LogP contribution < -0.4 is 0 Å². The Morgan fingerprint density at radius 2 is 2.08 bits per heavy atom. The SMILES string of the molecule is CC=C1C(C)=CC(=O)CC1(C)C. The maximum absolute atomic E-state index is 11.2. The summed E-state index contributed by atoms with van der Waals surface area (Å²) < 4.78 is 0. The van der Waals surface area contributed by atoms with E-state index in [9.17, 15) is 4.79 Å². The molecular formula is C11H16O. The molecule has 0 unspecified atom stereocenters. The Morgan fingerprint density at radius 3 is 2.50 bits per heavy atom. The lowest BCUT2D eigenvalue weighted by molar-refractivity contribution is -0.116. The van der Waals surface area contributed by atoms with Crippen LogP contribution in [0.2, 0.25) is 0 Å². The highest BCUT2D eigenvalue weighted by molar-refractivity contribution is 5.93. The summed E-state index contributed by atoms with van der Waals surface area (Å²) in [5, 5.41) is 0. The van der Waals surface area contributed by atoms with Crippen molar-refractivity contribution in [2.75, 3.05) is 0 Å². The minimum atomic E-state index is 0.0324. The van der Waals surface area contributed by atoms with Gasteiger partial charge in [0.05, 0.1) is 0 Å². The predicted molar refractivity (Wildman–Crippen MR) is 50.9 cm³/mol. The van der Waals surface area contributed by atoms with Gasteiger partial charge >= 0.3 is 0 Å². The monoisotopic (exact) mass is 164 g/mol. The standard InChI is InChI=1S/C11H16O/c1-5-10-8(2)6-9(12)7-11(10,3)4/h5-6H,7H2,1-4H3. The van der Waals surface area contributed by atoms with Crippen LogP contribution in [0.15, 0.2) is 23.3 Å². The van der Waals surface area contributed by atoms with Gasteiger partial charge in [0.1, 0.15) is 0 Å². The fourth-order valence-electron chi connectivity index (χ4n) is 2.05. The lowest BCUT2D eigenvalue weighted by Gasteiger charge is -2.31. The van der Waals surface area contributed by atoms with Crippen LogP contribution in [-0.4, -0.2) is 5.78 Å². The first-order valence-corrected chi connectivity index (χ1v) is 4.35. The summed E-state index contributed by atoms with van der Waals surface area (Å²) >= 11 is 0. The van der Waals surface area contributed by atoms with Crippen LogP contribution in [0, 0.1) is 5.41 Å². The Kier molecular flexibility index (Phi) is 2.22. The van der Waals surface area contributed by atoms with E-state index in [0.29, 0.717) is 6.42 Å². The van der Waals surface area contributed by atoms with Crippen molar-refractivity contribution in [1.82, 2.24) is 0 Å². The maximum atomic E-state index is 11.2. The molecule has 0 N–H and O–H groups in total. The fourth-order valence-corrected chi connectivity index (χ4v) is 2.05. The first-order valence-electron chi connectivity index (χ1n) is 4.35. The van der Waals surface area contributed by atoms with Crippen LogP contribution in [0.25, 0.3) is 0 Å². The number of carbonyl (C=O) groups is 1. The smallest absolute Gasteiger partial charge is 0.156 e. The molecule has 0 saturated heterocycles. The highest BCUT2D eigenvalue weighted by Gasteiger charge is 2.29. The molecule has 0 aromatic heterocycles. The van der Waals surface area contributed by atoms with Gasteiger partial charge in [0.15, 0.2) is 5.78 Å². The zero-order valence-corrected chi connectivity index (χ0v) is 8.27. The molecule has 0 atom stereocenters. The Bertz CT molecular complexity index is 267. The predicted octanol–water partition coefficient (Wildman–Crippen LogP) is 2.88. The van der Waals surface area contributed by atoms with Gasteiger partial charge in [-0.2, -0.15) is 0 Å². The second-order valence-electron chi connectivity index (χ2n) is 4.06. The summed E-state index contributed by atoms with van der Waals surface area (Å²) in [5.74, 6) is 0.253. The highest BCUT2D eigenvalue weighted by atomic mass is 16.1. The van der Waals surface area contributed by atoms with E-state index in [1.54, 1.807) is 6.08 Å². The summed E-state index contributed by atoms with van der Waals surface area (Å²) in [5.41, 5.74) is 2.46. The maximum Gasteiger partial charge on any atom is 0.156 e. The number of hydrogen-bond acceptors (Lipinski definition) is 1. The van der Waals surface area contributed by atoms with Gasteiger partial charge in [0, 0.05) is 6.42 Å². The number of carbonyl (C=O) groups excluding carboxylic acids is 1. The lowest BCUT2D eigenvalue weighted by atomic mass is 9.73. The molecule has 12 heavy (non-hydrogen) atoms. The van der Waals surface area contributed by atoms with Gasteiger partial charge < -0.3 is 0 Å². The molecule has 1 nitrogen and oxygen atoms in total. The van der Waals surface area contributed by atoms with Crippen molar-refractivity contribution in [2.24, 2.45) is 5.41 Å². The second kappa shape index (κ2) is 2.89. The van der Waals surface area contributed by atoms with Crippen LogP contribution >= 0.6 is 0 Å². The normalized spacial score (nSPS) is 25.8. The lowest BCUT2D eigenvalue weighted by Crippen LogP contribution is -2.24. The van der Waals surface area contributed by atoms with E-state index in [0.717, 1.165) is 5.57 Å². The quantitative estimate of drug-likeness (QED) is 0.538. The first-order chi connectivity index (χ1) is 5.47. The summed E-state index contributed by atoms with van der Waals surface area (Å²) in [6.07, 6.45) is 4.50. The molecule has 66 valence electrons. The van der Waals surface area contributed by atoms with E-state index in [1.807, 2.05) is 13.8 Å². The van der Waals surface area contributed by atoms with Crippen LogP contribution in [0.1, 0.15) is 34.1 Å². The van der Waals surface area contributed by atoms with Gasteiger partial charge in [0.25, 0.3) is 0 Å². The van der Waals surface area contributed by atoms with Crippen LogP contribution in [-0.2, 0) is 4.79 Å². The fraction of sp³-hybridized carbons (Fsp3) is 0.545. The van der Waals surface area contributed by atoms with Gasteiger partial charge in [-0.25, -0.2) is 0 Å². The van der Waals surface area contributed by atoms with E-state index in [2.05, 4.69) is 19.9 Å². The average Bonchev–Trinajstić information content (AvgIpc) is 1.82. The molecule has 0 fully saturated rings. The Balaban J connectivity index is 3.14. The van der Waals surface area contributed by atoms with Gasteiger partial charge in [-0.3, -0.25) is 4.79 Å². The number of rotatable bonds is 0. The molecule has 0 aromatic carbocycles. The summed E-state index contributed by atoms with van der Waals surface area (Å²) in [7, 11) is 0. The van der Waals surface area contributed by atoms with E-state index in [1.165, 1.54) is 5.57 Å². The minimum absolute atomic E-state index is 0.0324. The van der Waals surface area contributed by atoms with Crippen molar-refractivity contribution in [1.29, 1.82) is 0 Å². The first kappa shape index (κ1) is 9.24. The minimum Gasteiger partial charge on any atom is -0.295 e. The average molecular weight is 164 g/mol. The van der Waals surface area contributed by atoms with E-state index < -0.39 is 0 Å². The van der Waals surface area contributed by atoms with Gasteiger partial charge in [0.2, 0.25) is 0 Å². The summed E-state index contributed by atoms with van der Waals surface area (Å²) in [6, 6.07) is 0. The number of allylic oxidation sites excluding steroid dienone is 4. The third kappa shape index (κ3) is 1.50. The van der Waals surface area contributed by atoms with Crippen LogP contribution in [0.3, 0.4) is 0 Å². The zero-order chi connectivity index (χ0) is 9.35. The van der Waals surface area contributed by atoms with Crippen molar-refractivity contribution in [2.45, 2.75) is 34.1 Å². The summed E-state index contributed by atoms with van der Waals surface area (Å²) in [4.78, 5) is 11.2. The molecular weight excluding hydrogens is 148 g/mol. The van der Waals surface area contributed by atoms with Crippen molar-refractivity contribution >= 4 is 5.78 Å². The van der Waals surface area contributed by atoms with Crippen molar-refractivity contribution in [3.63, 3.8) is 0 Å². The molecule has 0 aliphatic heterocycles. The van der Waals surface area contributed by atoms with E-state index >= 15 is 0 Å². The zero-order valence-electron chi connectivity index (χ0n) is 8.27. The summed E-state index contributed by atoms with van der Waals surface area (Å²) in [6.45, 7) is 8.28. The molecule has 1 heteroatoms. The Labute approximate surface area is 74.2 Å². The topological polar surface area (TPSA) is 17.1 Å². The van der Waals surface area contributed by atoms with E-state index in [-0.39, 0.29) is 11.2 Å². The second-order valence-corrected chi connectivity index (χ2v) is 4.06. The van der Waals surface area contributed by atoms with Crippen molar-refractivity contribution < 1.29 is 4.79 Å². The molecule has 0 saturated carbocycles. The molecule has 0 spiro atoms. The molecule has 1 rings (SSSR count). The van der Waals surface area contributed by atoms with Crippen molar-refractivity contribution in [3.05, 3.63) is 23.3 Å². The largest absolute Gasteiger partial charge is 0.295 e. The molecule has 0 heterocycles. The van der Waals surface area contributed by atoms with Crippen LogP contribution in [0.4, 0.5) is 0 Å². The van der Waals surface area contributed by atoms with Gasteiger partial charge in [-0.05, 0) is 36.5 Å². The molecule has 0 radical (unpaired) electrons. The van der Waals surface area contributed by atoms with Crippen molar-refractivity contribution in [3.8, 4) is 0 Å². The third-order valence-electron chi connectivity index (χ3n) is 2.44. The third-order valence-corrected chi connectivity index (χ3v) is 2.44. The number of hydrogen-bond donors (Lipinski definition) is 0. The molecule has 0 amide bonds. The van der Waals surface area contributed by atoms with Gasteiger partial charge in [-0.1, -0.05) is 19.9 Å². The van der Waals surface area contributed by atoms with Crippen LogP contribution in [0.5, 0.6) is 0 Å². The molecule has 0 bridgehead atoms. The molecule has 0 aromatic rings. The van der Waals surface area contributed by atoms with E-state index in [4.69, 9.17) is 0 Å². The molecule has 1 aliphatic rings. The Hall–Kier alpha value is -0.850. The Morgan fingerprint density at radius 1 is 1.50 bits per heavy atom. The molecule has 1 aliphatic carbocycles. The van der Waals surface area contributed by atoms with Gasteiger partial charge in [-0.15, -0.1) is 0 Å². The number of ketones is 1.